The number of hydrogen-bond acceptors (Lipinski definition) is 6. The third-order valence-electron chi connectivity index (χ3n) is 6.00. The maximum atomic E-state index is 12.6. The number of benzene rings is 1. The number of nitrogens with zero attached hydrogens (tertiary/aromatic N) is 1. The quantitative estimate of drug-likeness (QED) is 0.640. The molecule has 1 N–H and O–H groups in total. The van der Waals surface area contributed by atoms with Crippen LogP contribution in [0.2, 0.25) is 5.02 Å². The van der Waals surface area contributed by atoms with Crippen molar-refractivity contribution in [2.24, 2.45) is 17.8 Å². The zero-order valence-corrected chi connectivity index (χ0v) is 19.3. The van der Waals surface area contributed by atoms with Crippen molar-refractivity contribution in [2.75, 3.05) is 19.4 Å². The van der Waals surface area contributed by atoms with Crippen LogP contribution in [0.5, 0.6) is 0 Å². The second-order valence-electron chi connectivity index (χ2n) is 8.40. The van der Waals surface area contributed by atoms with Crippen molar-refractivity contribution in [1.82, 2.24) is 4.31 Å². The zero-order chi connectivity index (χ0) is 22.9. The Labute approximate surface area is 187 Å². The van der Waals surface area contributed by atoms with Crippen LogP contribution in [-0.2, 0) is 29.1 Å². The maximum Gasteiger partial charge on any atom is 0.309 e. The monoisotopic (exact) mass is 470 g/mol. The smallest absolute Gasteiger partial charge is 0.309 e. The summed E-state index contributed by atoms with van der Waals surface area (Å²) in [6.07, 6.45) is 2.51. The summed E-state index contributed by atoms with van der Waals surface area (Å²) in [5.74, 6) is -1.35. The van der Waals surface area contributed by atoms with Crippen LogP contribution in [0.3, 0.4) is 0 Å². The molecule has 0 saturated heterocycles. The van der Waals surface area contributed by atoms with Crippen molar-refractivity contribution in [3.8, 4) is 0 Å². The predicted octanol–water partition coefficient (Wildman–Crippen LogP) is 2.86. The molecule has 4 atom stereocenters. The first-order valence-electron chi connectivity index (χ1n) is 10.3. The van der Waals surface area contributed by atoms with Gasteiger partial charge >= 0.3 is 5.97 Å². The second-order valence-corrected chi connectivity index (χ2v) is 10.9. The largest absolute Gasteiger partial charge is 0.452 e. The van der Waals surface area contributed by atoms with Crippen LogP contribution < -0.4 is 5.32 Å². The Morgan fingerprint density at radius 2 is 1.81 bits per heavy atom. The molecule has 2 saturated carbocycles. The highest BCUT2D eigenvalue weighted by molar-refractivity contribution is 7.89. The summed E-state index contributed by atoms with van der Waals surface area (Å²) >= 11 is 6.02. The van der Waals surface area contributed by atoms with E-state index < -0.39 is 28.0 Å². The lowest BCUT2D eigenvalue weighted by Gasteiger charge is -2.36. The van der Waals surface area contributed by atoms with Gasteiger partial charge in [0.05, 0.1) is 10.9 Å². The van der Waals surface area contributed by atoms with Gasteiger partial charge in [-0.2, -0.15) is 0 Å². The zero-order valence-electron chi connectivity index (χ0n) is 17.8. The van der Waals surface area contributed by atoms with Gasteiger partial charge in [0.25, 0.3) is 5.91 Å². The number of rotatable bonds is 6. The van der Waals surface area contributed by atoms with Gasteiger partial charge in [0.2, 0.25) is 10.0 Å². The van der Waals surface area contributed by atoms with Gasteiger partial charge in [-0.25, -0.2) is 12.7 Å². The fourth-order valence-electron chi connectivity index (χ4n) is 4.22. The molecule has 170 valence electrons. The fraction of sp³-hybridized carbons (Fsp3) is 0.571. The Bertz CT molecular complexity index is 978. The number of hydrogen-bond donors (Lipinski definition) is 1. The molecule has 1 aromatic carbocycles. The van der Waals surface area contributed by atoms with E-state index in [0.717, 1.165) is 23.6 Å². The summed E-state index contributed by atoms with van der Waals surface area (Å²) in [6, 6.07) is 4.11. The van der Waals surface area contributed by atoms with Gasteiger partial charge in [-0.15, -0.1) is 0 Å². The third kappa shape index (κ3) is 5.10. The first kappa shape index (κ1) is 23.7. The van der Waals surface area contributed by atoms with Crippen LogP contribution in [-0.4, -0.2) is 50.6 Å². The highest BCUT2D eigenvalue weighted by Crippen LogP contribution is 2.40. The molecule has 2 fully saturated rings. The molecule has 0 radical (unpaired) electrons. The van der Waals surface area contributed by atoms with E-state index in [-0.39, 0.29) is 39.1 Å². The number of halogens is 1. The molecule has 2 aliphatic carbocycles. The van der Waals surface area contributed by atoms with E-state index in [4.69, 9.17) is 16.3 Å². The van der Waals surface area contributed by atoms with Gasteiger partial charge in [-0.3, -0.25) is 14.4 Å². The van der Waals surface area contributed by atoms with Crippen molar-refractivity contribution in [3.63, 3.8) is 0 Å². The van der Waals surface area contributed by atoms with Gasteiger partial charge in [-0.1, -0.05) is 18.0 Å². The van der Waals surface area contributed by atoms with Crippen LogP contribution in [0, 0.1) is 17.8 Å². The third-order valence-corrected chi connectivity index (χ3v) is 8.30. The topological polar surface area (TPSA) is 110 Å². The van der Waals surface area contributed by atoms with Crippen LogP contribution in [0.15, 0.2) is 23.1 Å². The van der Waals surface area contributed by atoms with Crippen molar-refractivity contribution in [3.05, 3.63) is 23.2 Å². The Hall–Kier alpha value is -1.97. The Kier molecular flexibility index (Phi) is 7.08. The number of carbonyl (C=O) groups excluding carboxylic acids is 3. The number of Topliss-reactive ketones (excluding diaryl/α,β-unsaturated/α-hetero) is 1. The molecule has 1 amide bonds. The minimum absolute atomic E-state index is 0.0311. The van der Waals surface area contributed by atoms with Gasteiger partial charge in [-0.05, 0) is 50.8 Å². The predicted molar refractivity (Wildman–Crippen MR) is 115 cm³/mol. The number of nitrogens with one attached hydrogen (secondary N) is 1. The number of ether oxygens (including phenoxy) is 1. The molecule has 0 aromatic heterocycles. The van der Waals surface area contributed by atoms with Gasteiger partial charge in [0.1, 0.15) is 10.7 Å². The Morgan fingerprint density at radius 3 is 2.39 bits per heavy atom. The van der Waals surface area contributed by atoms with E-state index in [0.29, 0.717) is 12.8 Å². The highest BCUT2D eigenvalue weighted by Gasteiger charge is 2.42. The highest BCUT2D eigenvalue weighted by atomic mass is 35.5. The molecule has 1 unspecified atom stereocenters. The standard InChI is InChI=1S/C21H27ClN2O6S/c1-12(30-21(27)15-9-13-5-4-6-14(10-15)19(13)25)20(26)23-16-7-8-17(22)18(11-16)31(28,29)24(2)3/h7-8,11-15H,4-6,9-10H2,1-3H3,(H,23,26)/t12-,13-,14+,15?/m1/s1. The summed E-state index contributed by atoms with van der Waals surface area (Å²) < 4.78 is 31.2. The Morgan fingerprint density at radius 1 is 1.19 bits per heavy atom. The van der Waals surface area contributed by atoms with Crippen LogP contribution in [0.25, 0.3) is 0 Å². The molecule has 2 bridgehead atoms. The maximum absolute atomic E-state index is 12.6. The van der Waals surface area contributed by atoms with Crippen molar-refractivity contribution >= 4 is 45.0 Å². The van der Waals surface area contributed by atoms with E-state index in [2.05, 4.69) is 5.32 Å². The van der Waals surface area contributed by atoms with E-state index in [1.807, 2.05) is 0 Å². The van der Waals surface area contributed by atoms with Crippen LogP contribution in [0.1, 0.15) is 39.0 Å². The van der Waals surface area contributed by atoms with Crippen LogP contribution in [0.4, 0.5) is 5.69 Å². The normalized spacial score (nSPS) is 24.5. The lowest BCUT2D eigenvalue weighted by molar-refractivity contribution is -0.161. The molecule has 0 aliphatic heterocycles. The van der Waals surface area contributed by atoms with Crippen molar-refractivity contribution in [2.45, 2.75) is 50.0 Å². The van der Waals surface area contributed by atoms with E-state index in [9.17, 15) is 22.8 Å². The number of fused-ring (bicyclic) bond motifs is 2. The van der Waals surface area contributed by atoms with E-state index in [1.165, 1.54) is 39.2 Å². The fourth-order valence-corrected chi connectivity index (χ4v) is 5.61. The lowest BCUT2D eigenvalue weighted by atomic mass is 9.67. The lowest BCUT2D eigenvalue weighted by Crippen LogP contribution is -2.41. The number of carbonyl (C=O) groups is 3. The first-order chi connectivity index (χ1) is 14.5. The van der Waals surface area contributed by atoms with E-state index >= 15 is 0 Å². The van der Waals surface area contributed by atoms with Crippen LogP contribution >= 0.6 is 11.6 Å². The number of amides is 1. The molecule has 31 heavy (non-hydrogen) atoms. The number of ketones is 1. The molecule has 0 spiro atoms. The van der Waals surface area contributed by atoms with Crippen molar-refractivity contribution in [1.29, 1.82) is 0 Å². The number of anilines is 1. The SMILES string of the molecule is C[C@@H](OC(=O)C1C[C@H]2CCC[C@@H](C1)C2=O)C(=O)Nc1ccc(Cl)c(S(=O)(=O)N(C)C)c1. The second kappa shape index (κ2) is 9.26. The molecule has 1 aromatic rings. The van der Waals surface area contributed by atoms with Gasteiger partial charge in [0, 0.05) is 31.6 Å². The summed E-state index contributed by atoms with van der Waals surface area (Å²) in [6.45, 7) is 1.45. The average Bonchev–Trinajstić information content (AvgIpc) is 2.68. The minimum atomic E-state index is -3.79. The Balaban J connectivity index is 1.63. The molecule has 0 heterocycles. The first-order valence-corrected chi connectivity index (χ1v) is 12.1. The van der Waals surface area contributed by atoms with Crippen molar-refractivity contribution < 1.29 is 27.5 Å². The van der Waals surface area contributed by atoms with E-state index in [1.54, 1.807) is 0 Å². The van der Waals surface area contributed by atoms with Gasteiger partial charge < -0.3 is 10.1 Å². The molecule has 8 nitrogen and oxygen atoms in total. The molecule has 10 heteroatoms. The molecule has 2 aliphatic rings. The molecular formula is C21H27ClN2O6S. The summed E-state index contributed by atoms with van der Waals surface area (Å²) in [4.78, 5) is 37.2. The van der Waals surface area contributed by atoms with Gasteiger partial charge in [0.15, 0.2) is 6.10 Å². The summed E-state index contributed by atoms with van der Waals surface area (Å²) in [7, 11) is -1.03. The minimum Gasteiger partial charge on any atom is -0.452 e. The molecule has 3 rings (SSSR count). The average molecular weight is 471 g/mol. The number of esters is 1. The summed E-state index contributed by atoms with van der Waals surface area (Å²) in [5, 5.41) is 2.59. The number of sulfonamides is 1. The summed E-state index contributed by atoms with van der Waals surface area (Å²) in [5.41, 5.74) is 0.218. The molecular weight excluding hydrogens is 444 g/mol.